The van der Waals surface area contributed by atoms with E-state index in [0.717, 1.165) is 19.5 Å². The molecule has 0 saturated carbocycles. The average molecular weight is 234 g/mol. The number of pyridine rings is 1. The topological polar surface area (TPSA) is 70.5 Å². The number of carboxylic acid groups (broad SMARTS) is 1. The molecule has 1 saturated heterocycles. The van der Waals surface area contributed by atoms with Gasteiger partial charge in [-0.05, 0) is 24.5 Å². The van der Waals surface area contributed by atoms with Crippen LogP contribution in [0, 0.1) is 5.92 Å². The molecule has 17 heavy (non-hydrogen) atoms. The molecule has 5 heteroatoms. The second kappa shape index (κ2) is 4.53. The third kappa shape index (κ3) is 2.43. The van der Waals surface area contributed by atoms with Crippen LogP contribution in [0.2, 0.25) is 0 Å². The molecule has 0 bridgehead atoms. The normalized spacial score (nSPS) is 19.4. The maximum atomic E-state index is 12.0. The van der Waals surface area contributed by atoms with E-state index < -0.39 is 5.97 Å². The van der Waals surface area contributed by atoms with Gasteiger partial charge in [0.05, 0.1) is 5.56 Å². The zero-order valence-corrected chi connectivity index (χ0v) is 9.59. The molecule has 2 rings (SSSR count). The molecular formula is C12H14N2O3. The van der Waals surface area contributed by atoms with Gasteiger partial charge in [-0.2, -0.15) is 0 Å². The van der Waals surface area contributed by atoms with Gasteiger partial charge in [0, 0.05) is 19.3 Å². The van der Waals surface area contributed by atoms with Crippen LogP contribution in [0.3, 0.4) is 0 Å². The number of rotatable bonds is 2. The van der Waals surface area contributed by atoms with Crippen molar-refractivity contribution in [2.75, 3.05) is 13.1 Å². The van der Waals surface area contributed by atoms with E-state index in [9.17, 15) is 9.59 Å². The van der Waals surface area contributed by atoms with Crippen molar-refractivity contribution >= 4 is 11.9 Å². The molecule has 1 unspecified atom stereocenters. The zero-order chi connectivity index (χ0) is 12.4. The maximum Gasteiger partial charge on any atom is 0.337 e. The Morgan fingerprint density at radius 3 is 2.71 bits per heavy atom. The van der Waals surface area contributed by atoms with E-state index in [1.807, 2.05) is 0 Å². The third-order valence-corrected chi connectivity index (χ3v) is 2.94. The van der Waals surface area contributed by atoms with Gasteiger partial charge in [0.25, 0.3) is 5.91 Å². The van der Waals surface area contributed by atoms with E-state index in [0.29, 0.717) is 11.6 Å². The Hall–Kier alpha value is -1.91. The van der Waals surface area contributed by atoms with Gasteiger partial charge in [0.2, 0.25) is 0 Å². The Morgan fingerprint density at radius 2 is 2.24 bits per heavy atom. The summed E-state index contributed by atoms with van der Waals surface area (Å²) in [5.74, 6) is -0.630. The van der Waals surface area contributed by atoms with Gasteiger partial charge < -0.3 is 10.0 Å². The number of carbonyl (C=O) groups is 2. The quantitative estimate of drug-likeness (QED) is 0.836. The van der Waals surface area contributed by atoms with Gasteiger partial charge in [-0.3, -0.25) is 9.78 Å². The number of aromatic nitrogens is 1. The number of amides is 1. The Morgan fingerprint density at radius 1 is 1.47 bits per heavy atom. The van der Waals surface area contributed by atoms with Crippen molar-refractivity contribution in [3.05, 3.63) is 29.6 Å². The fourth-order valence-corrected chi connectivity index (χ4v) is 1.93. The van der Waals surface area contributed by atoms with Crippen LogP contribution in [-0.4, -0.2) is 40.0 Å². The van der Waals surface area contributed by atoms with Gasteiger partial charge in [-0.1, -0.05) is 6.92 Å². The first-order valence-corrected chi connectivity index (χ1v) is 5.56. The van der Waals surface area contributed by atoms with E-state index in [-0.39, 0.29) is 11.5 Å². The highest BCUT2D eigenvalue weighted by Gasteiger charge is 2.24. The second-order valence-electron chi connectivity index (χ2n) is 4.38. The number of nitrogens with zero attached hydrogens (tertiary/aromatic N) is 2. The Balaban J connectivity index is 2.12. The standard InChI is InChI=1S/C12H14N2O3/c1-8-4-5-14(7-8)11(15)10-3-2-9(6-13-10)12(16)17/h2-3,6,8H,4-5,7H2,1H3,(H,16,17). The van der Waals surface area contributed by atoms with E-state index in [2.05, 4.69) is 11.9 Å². The molecule has 1 aliphatic rings. The summed E-state index contributed by atoms with van der Waals surface area (Å²) in [6, 6.07) is 2.87. The minimum absolute atomic E-state index is 0.0938. The average Bonchev–Trinajstić information content (AvgIpc) is 2.75. The molecule has 90 valence electrons. The summed E-state index contributed by atoms with van der Waals surface area (Å²) in [6.07, 6.45) is 2.23. The number of hydrogen-bond acceptors (Lipinski definition) is 3. The molecule has 5 nitrogen and oxygen atoms in total. The van der Waals surface area contributed by atoms with Crippen molar-refractivity contribution in [1.29, 1.82) is 0 Å². The molecule has 1 aliphatic heterocycles. The summed E-state index contributed by atoms with van der Waals surface area (Å²) in [6.45, 7) is 3.61. The molecular weight excluding hydrogens is 220 g/mol. The van der Waals surface area contributed by atoms with Crippen LogP contribution >= 0.6 is 0 Å². The Bertz CT molecular complexity index is 442. The van der Waals surface area contributed by atoms with Crippen LogP contribution in [0.25, 0.3) is 0 Å². The van der Waals surface area contributed by atoms with Crippen molar-refractivity contribution in [3.63, 3.8) is 0 Å². The third-order valence-electron chi connectivity index (χ3n) is 2.94. The Kier molecular flexibility index (Phi) is 3.08. The molecule has 2 heterocycles. The smallest absolute Gasteiger partial charge is 0.337 e. The van der Waals surface area contributed by atoms with Crippen molar-refractivity contribution in [2.45, 2.75) is 13.3 Å². The first-order valence-electron chi connectivity index (χ1n) is 5.56. The lowest BCUT2D eigenvalue weighted by atomic mass is 10.2. The predicted octanol–water partition coefficient (Wildman–Crippen LogP) is 1.26. The second-order valence-corrected chi connectivity index (χ2v) is 4.38. The maximum absolute atomic E-state index is 12.0. The Labute approximate surface area is 99.1 Å². The molecule has 0 spiro atoms. The lowest BCUT2D eigenvalue weighted by molar-refractivity contribution is 0.0694. The van der Waals surface area contributed by atoms with Crippen LogP contribution in [-0.2, 0) is 0 Å². The van der Waals surface area contributed by atoms with Crippen LogP contribution in [0.4, 0.5) is 0 Å². The number of hydrogen-bond donors (Lipinski definition) is 1. The molecule has 0 aliphatic carbocycles. The number of likely N-dealkylation sites (tertiary alicyclic amines) is 1. The van der Waals surface area contributed by atoms with Crippen molar-refractivity contribution in [1.82, 2.24) is 9.88 Å². The zero-order valence-electron chi connectivity index (χ0n) is 9.59. The van der Waals surface area contributed by atoms with Crippen LogP contribution in [0.15, 0.2) is 18.3 Å². The van der Waals surface area contributed by atoms with E-state index in [4.69, 9.17) is 5.11 Å². The highest BCUT2D eigenvalue weighted by atomic mass is 16.4. The number of carbonyl (C=O) groups excluding carboxylic acids is 1. The summed E-state index contributed by atoms with van der Waals surface area (Å²) in [5, 5.41) is 8.73. The molecule has 1 fully saturated rings. The van der Waals surface area contributed by atoms with Gasteiger partial charge in [-0.15, -0.1) is 0 Å². The van der Waals surface area contributed by atoms with Crippen LogP contribution < -0.4 is 0 Å². The van der Waals surface area contributed by atoms with Crippen molar-refractivity contribution < 1.29 is 14.7 Å². The first kappa shape index (κ1) is 11.6. The molecule has 1 atom stereocenters. The summed E-state index contributed by atoms with van der Waals surface area (Å²) < 4.78 is 0. The monoisotopic (exact) mass is 234 g/mol. The molecule has 0 aromatic carbocycles. The fourth-order valence-electron chi connectivity index (χ4n) is 1.93. The fraction of sp³-hybridized carbons (Fsp3) is 0.417. The molecule has 1 aromatic rings. The largest absolute Gasteiger partial charge is 0.478 e. The molecule has 1 aromatic heterocycles. The summed E-state index contributed by atoms with van der Waals surface area (Å²) in [7, 11) is 0. The minimum Gasteiger partial charge on any atom is -0.478 e. The van der Waals surface area contributed by atoms with E-state index in [1.165, 1.54) is 18.3 Å². The summed E-state index contributed by atoms with van der Waals surface area (Å²) in [4.78, 5) is 28.3. The first-order chi connectivity index (χ1) is 8.08. The lowest BCUT2D eigenvalue weighted by Gasteiger charge is -2.14. The van der Waals surface area contributed by atoms with Gasteiger partial charge >= 0.3 is 5.97 Å². The molecule has 1 amide bonds. The van der Waals surface area contributed by atoms with Gasteiger partial charge in [0.1, 0.15) is 5.69 Å². The van der Waals surface area contributed by atoms with E-state index in [1.54, 1.807) is 4.90 Å². The molecule has 0 radical (unpaired) electrons. The lowest BCUT2D eigenvalue weighted by Crippen LogP contribution is -2.29. The van der Waals surface area contributed by atoms with Crippen LogP contribution in [0.5, 0.6) is 0 Å². The van der Waals surface area contributed by atoms with Crippen molar-refractivity contribution in [2.24, 2.45) is 5.92 Å². The van der Waals surface area contributed by atoms with Gasteiger partial charge in [0.15, 0.2) is 0 Å². The predicted molar refractivity (Wildman–Crippen MR) is 60.9 cm³/mol. The highest BCUT2D eigenvalue weighted by Crippen LogP contribution is 2.17. The van der Waals surface area contributed by atoms with Gasteiger partial charge in [-0.25, -0.2) is 4.79 Å². The van der Waals surface area contributed by atoms with E-state index >= 15 is 0 Å². The SMILES string of the molecule is CC1CCN(C(=O)c2ccc(C(=O)O)cn2)C1. The number of carboxylic acids is 1. The van der Waals surface area contributed by atoms with Crippen LogP contribution in [0.1, 0.15) is 34.2 Å². The summed E-state index contributed by atoms with van der Waals surface area (Å²) in [5.41, 5.74) is 0.403. The molecule has 1 N–H and O–H groups in total. The van der Waals surface area contributed by atoms with Crippen molar-refractivity contribution in [3.8, 4) is 0 Å². The highest BCUT2D eigenvalue weighted by molar-refractivity contribution is 5.93. The minimum atomic E-state index is -1.04. The number of aromatic carboxylic acids is 1. The summed E-state index contributed by atoms with van der Waals surface area (Å²) >= 11 is 0.